The number of rotatable bonds is 1. The molecule has 0 saturated carbocycles. The molecule has 0 saturated heterocycles. The van der Waals surface area contributed by atoms with E-state index < -0.39 is 6.14 Å². The molecule has 0 aliphatic rings. The van der Waals surface area contributed by atoms with E-state index in [4.69, 9.17) is 0 Å². The highest BCUT2D eigenvalue weighted by Crippen LogP contribution is 2.18. The first-order valence-corrected chi connectivity index (χ1v) is 4.30. The molecule has 2 rings (SSSR count). The number of aromatic nitrogens is 2. The summed E-state index contributed by atoms with van der Waals surface area (Å²) in [4.78, 5) is 3.45. The normalized spacial score (nSPS) is 10.3. The van der Waals surface area contributed by atoms with Gasteiger partial charge in [-0.3, -0.25) is 0 Å². The lowest BCUT2D eigenvalue weighted by Gasteiger charge is -1.92. The molecule has 66 valence electrons. The molecular weight excluding hydrogens is 239 g/mol. The van der Waals surface area contributed by atoms with Crippen molar-refractivity contribution in [3.05, 3.63) is 34.9 Å². The molecule has 0 fully saturated rings. The number of nitrogens with zero attached hydrogens (tertiary/aromatic N) is 2. The Morgan fingerprint density at radius 2 is 1.92 bits per heavy atom. The van der Waals surface area contributed by atoms with Gasteiger partial charge in [0.2, 0.25) is 5.82 Å². The van der Waals surface area contributed by atoms with Crippen LogP contribution in [0.4, 0.5) is 4.39 Å². The van der Waals surface area contributed by atoms with Crippen LogP contribution in [-0.4, -0.2) is 10.1 Å². The molecule has 0 bridgehead atoms. The lowest BCUT2D eigenvalue weighted by molar-refractivity contribution is 0.269. The summed E-state index contributed by atoms with van der Waals surface area (Å²) in [5.74, 6) is 0.255. The molecule has 5 heteroatoms. The second-order valence-electron chi connectivity index (χ2n) is 2.38. The van der Waals surface area contributed by atoms with Crippen molar-refractivity contribution >= 4 is 15.9 Å². The standard InChI is InChI=1S/C8H4BrFN2O/c9-6-3-1-5(2-4-6)7-11-8(10)13-12-7/h1-4H. The fraction of sp³-hybridized carbons (Fsp3) is 0. The van der Waals surface area contributed by atoms with Crippen LogP contribution in [0.1, 0.15) is 0 Å². The Balaban J connectivity index is 2.41. The highest BCUT2D eigenvalue weighted by molar-refractivity contribution is 9.10. The molecule has 0 spiro atoms. The van der Waals surface area contributed by atoms with Gasteiger partial charge < -0.3 is 4.52 Å². The lowest BCUT2D eigenvalue weighted by Crippen LogP contribution is -1.79. The number of halogens is 2. The molecule has 0 aliphatic heterocycles. The largest absolute Gasteiger partial charge is 0.405 e. The van der Waals surface area contributed by atoms with Gasteiger partial charge >= 0.3 is 6.14 Å². The SMILES string of the molecule is Fc1nc(-c2ccc(Br)cc2)no1. The number of benzene rings is 1. The second kappa shape index (κ2) is 3.26. The summed E-state index contributed by atoms with van der Waals surface area (Å²) in [5, 5.41) is 3.44. The highest BCUT2D eigenvalue weighted by atomic mass is 79.9. The predicted molar refractivity (Wildman–Crippen MR) is 47.4 cm³/mol. The summed E-state index contributed by atoms with van der Waals surface area (Å²) < 4.78 is 17.5. The molecule has 0 unspecified atom stereocenters. The monoisotopic (exact) mass is 242 g/mol. The van der Waals surface area contributed by atoms with Gasteiger partial charge in [-0.1, -0.05) is 21.1 Å². The third-order valence-corrected chi connectivity index (χ3v) is 2.03. The van der Waals surface area contributed by atoms with Crippen molar-refractivity contribution in [3.63, 3.8) is 0 Å². The Morgan fingerprint density at radius 1 is 1.23 bits per heavy atom. The van der Waals surface area contributed by atoms with Gasteiger partial charge in [0.05, 0.1) is 0 Å². The van der Waals surface area contributed by atoms with Gasteiger partial charge in [-0.15, -0.1) is 4.39 Å². The summed E-state index contributed by atoms with van der Waals surface area (Å²) in [6.07, 6.45) is -0.919. The zero-order valence-corrected chi connectivity index (χ0v) is 7.95. The van der Waals surface area contributed by atoms with Gasteiger partial charge in [0, 0.05) is 10.0 Å². The molecule has 1 heterocycles. The van der Waals surface area contributed by atoms with Gasteiger partial charge in [0.15, 0.2) is 0 Å². The predicted octanol–water partition coefficient (Wildman–Crippen LogP) is 2.64. The van der Waals surface area contributed by atoms with Crippen molar-refractivity contribution in [1.29, 1.82) is 0 Å². The van der Waals surface area contributed by atoms with E-state index >= 15 is 0 Å². The van der Waals surface area contributed by atoms with Gasteiger partial charge in [-0.25, -0.2) is 0 Å². The zero-order valence-electron chi connectivity index (χ0n) is 6.37. The van der Waals surface area contributed by atoms with Crippen LogP contribution in [-0.2, 0) is 0 Å². The molecule has 1 aromatic carbocycles. The fourth-order valence-corrected chi connectivity index (χ4v) is 1.19. The van der Waals surface area contributed by atoms with Crippen LogP contribution < -0.4 is 0 Å². The molecule has 1 aromatic heterocycles. The Morgan fingerprint density at radius 3 is 2.46 bits per heavy atom. The van der Waals surface area contributed by atoms with Crippen molar-refractivity contribution in [2.24, 2.45) is 0 Å². The average Bonchev–Trinajstić information content (AvgIpc) is 2.53. The molecule has 2 aromatic rings. The van der Waals surface area contributed by atoms with Crippen LogP contribution in [0.3, 0.4) is 0 Å². The van der Waals surface area contributed by atoms with Crippen LogP contribution in [0, 0.1) is 6.14 Å². The smallest absolute Gasteiger partial charge is 0.303 e. The molecule has 0 radical (unpaired) electrons. The van der Waals surface area contributed by atoms with Crippen LogP contribution in [0.2, 0.25) is 0 Å². The molecule has 0 amide bonds. The maximum absolute atomic E-state index is 12.3. The molecule has 13 heavy (non-hydrogen) atoms. The quantitative estimate of drug-likeness (QED) is 0.772. The first kappa shape index (κ1) is 8.37. The molecule has 0 aliphatic carbocycles. The number of hydrogen-bond acceptors (Lipinski definition) is 3. The maximum atomic E-state index is 12.3. The van der Waals surface area contributed by atoms with E-state index in [1.165, 1.54) is 0 Å². The van der Waals surface area contributed by atoms with Crippen molar-refractivity contribution in [2.45, 2.75) is 0 Å². The summed E-state index contributed by atoms with van der Waals surface area (Å²) >= 11 is 3.28. The first-order chi connectivity index (χ1) is 6.25. The van der Waals surface area contributed by atoms with E-state index in [9.17, 15) is 4.39 Å². The third-order valence-electron chi connectivity index (χ3n) is 1.50. The van der Waals surface area contributed by atoms with Crippen LogP contribution in [0.25, 0.3) is 11.4 Å². The van der Waals surface area contributed by atoms with Crippen molar-refractivity contribution in [2.75, 3.05) is 0 Å². The minimum absolute atomic E-state index is 0.255. The van der Waals surface area contributed by atoms with Crippen molar-refractivity contribution < 1.29 is 8.91 Å². The fourth-order valence-electron chi connectivity index (χ4n) is 0.921. The van der Waals surface area contributed by atoms with E-state index in [0.717, 1.165) is 10.0 Å². The van der Waals surface area contributed by atoms with Crippen LogP contribution in [0.5, 0.6) is 0 Å². The summed E-state index contributed by atoms with van der Waals surface area (Å²) in [6, 6.07) is 7.19. The molecule has 3 nitrogen and oxygen atoms in total. The van der Waals surface area contributed by atoms with Gasteiger partial charge in [0.1, 0.15) is 0 Å². The maximum Gasteiger partial charge on any atom is 0.405 e. The summed E-state index contributed by atoms with van der Waals surface area (Å²) in [6.45, 7) is 0. The van der Waals surface area contributed by atoms with E-state index in [1.807, 2.05) is 12.1 Å². The Kier molecular flexibility index (Phi) is 2.10. The number of hydrogen-bond donors (Lipinski definition) is 0. The molecule has 0 atom stereocenters. The first-order valence-electron chi connectivity index (χ1n) is 3.51. The van der Waals surface area contributed by atoms with E-state index in [-0.39, 0.29) is 5.82 Å². The summed E-state index contributed by atoms with van der Waals surface area (Å²) in [5.41, 5.74) is 0.718. The molecule has 0 N–H and O–H groups in total. The third kappa shape index (κ3) is 1.75. The average molecular weight is 243 g/mol. The second-order valence-corrected chi connectivity index (χ2v) is 3.29. The minimum Gasteiger partial charge on any atom is -0.303 e. The van der Waals surface area contributed by atoms with E-state index in [0.29, 0.717) is 0 Å². The summed E-state index contributed by atoms with van der Waals surface area (Å²) in [7, 11) is 0. The van der Waals surface area contributed by atoms with E-state index in [1.54, 1.807) is 12.1 Å². The van der Waals surface area contributed by atoms with E-state index in [2.05, 4.69) is 30.6 Å². The Bertz CT molecular complexity index is 412. The van der Waals surface area contributed by atoms with Gasteiger partial charge in [-0.05, 0) is 24.3 Å². The van der Waals surface area contributed by atoms with Crippen molar-refractivity contribution in [3.8, 4) is 11.4 Å². The minimum atomic E-state index is -0.919. The molecular formula is C8H4BrFN2O. The van der Waals surface area contributed by atoms with Crippen molar-refractivity contribution in [1.82, 2.24) is 10.1 Å². The van der Waals surface area contributed by atoms with Gasteiger partial charge in [-0.2, -0.15) is 4.98 Å². The van der Waals surface area contributed by atoms with Crippen LogP contribution >= 0.6 is 15.9 Å². The lowest BCUT2D eigenvalue weighted by atomic mass is 10.2. The topological polar surface area (TPSA) is 38.9 Å². The zero-order chi connectivity index (χ0) is 9.26. The Labute approximate surface area is 81.7 Å². The van der Waals surface area contributed by atoms with Crippen LogP contribution in [0.15, 0.2) is 33.3 Å². The Hall–Kier alpha value is -1.23. The highest BCUT2D eigenvalue weighted by Gasteiger charge is 2.06. The van der Waals surface area contributed by atoms with Gasteiger partial charge in [0.25, 0.3) is 0 Å².